The molecule has 1 aromatic heterocycles. The Morgan fingerprint density at radius 2 is 1.91 bits per heavy atom. The van der Waals surface area contributed by atoms with Gasteiger partial charge in [-0.05, 0) is 0 Å². The van der Waals surface area contributed by atoms with Gasteiger partial charge in [-0.25, -0.2) is 13.8 Å². The van der Waals surface area contributed by atoms with Crippen LogP contribution in [0.25, 0.3) is 11.0 Å². The van der Waals surface area contributed by atoms with E-state index in [9.17, 15) is 31.5 Å². The van der Waals surface area contributed by atoms with Crippen molar-refractivity contribution in [2.45, 2.75) is 18.8 Å². The van der Waals surface area contributed by atoms with Crippen molar-refractivity contribution in [3.05, 3.63) is 23.8 Å². The summed E-state index contributed by atoms with van der Waals surface area (Å²) in [5.41, 5.74) is -4.30. The van der Waals surface area contributed by atoms with Gasteiger partial charge in [0.2, 0.25) is 11.9 Å². The van der Waals surface area contributed by atoms with Crippen molar-refractivity contribution in [3.63, 3.8) is 0 Å². The zero-order chi connectivity index (χ0) is 17.2. The molecule has 2 heterocycles. The molecule has 0 fully saturated rings. The quantitative estimate of drug-likeness (QED) is 0.778. The summed E-state index contributed by atoms with van der Waals surface area (Å²) in [6.45, 7) is 0.790. The van der Waals surface area contributed by atoms with Gasteiger partial charge in [-0.15, -0.1) is 0 Å². The lowest BCUT2D eigenvalue weighted by atomic mass is 10.1. The minimum absolute atomic E-state index is 0.300. The molecule has 2 aromatic rings. The SMILES string of the molecule is CC(=O)NC1(C(F)(F)F)C(=O)Nc2nc3cc(F)c(F)cc3n21. The summed E-state index contributed by atoms with van der Waals surface area (Å²) in [7, 11) is 0. The molecule has 1 aromatic carbocycles. The molecule has 1 aliphatic rings. The number of benzene rings is 1. The van der Waals surface area contributed by atoms with Gasteiger partial charge in [0, 0.05) is 19.1 Å². The Morgan fingerprint density at radius 1 is 1.30 bits per heavy atom. The number of alkyl halides is 3. The van der Waals surface area contributed by atoms with E-state index in [1.54, 1.807) is 5.32 Å². The van der Waals surface area contributed by atoms with E-state index in [0.717, 1.165) is 6.92 Å². The summed E-state index contributed by atoms with van der Waals surface area (Å²) in [6.07, 6.45) is -5.26. The second-order valence-corrected chi connectivity index (χ2v) is 4.87. The summed E-state index contributed by atoms with van der Waals surface area (Å²) in [5, 5.41) is 3.41. The van der Waals surface area contributed by atoms with Crippen molar-refractivity contribution in [3.8, 4) is 0 Å². The van der Waals surface area contributed by atoms with E-state index in [2.05, 4.69) is 4.98 Å². The topological polar surface area (TPSA) is 76.0 Å². The van der Waals surface area contributed by atoms with E-state index in [-0.39, 0.29) is 5.52 Å². The van der Waals surface area contributed by atoms with Crippen LogP contribution in [0.1, 0.15) is 6.92 Å². The van der Waals surface area contributed by atoms with E-state index in [0.29, 0.717) is 16.7 Å². The van der Waals surface area contributed by atoms with Crippen LogP contribution in [-0.4, -0.2) is 27.5 Å². The molecule has 0 saturated heterocycles. The van der Waals surface area contributed by atoms with E-state index in [1.165, 1.54) is 0 Å². The van der Waals surface area contributed by atoms with Crippen LogP contribution < -0.4 is 10.6 Å². The van der Waals surface area contributed by atoms with Crippen molar-refractivity contribution >= 4 is 28.8 Å². The minimum Gasteiger partial charge on any atom is -0.318 e. The predicted molar refractivity (Wildman–Crippen MR) is 66.1 cm³/mol. The third kappa shape index (κ3) is 1.88. The summed E-state index contributed by atoms with van der Waals surface area (Å²) in [5.74, 6) is -6.05. The lowest BCUT2D eigenvalue weighted by molar-refractivity contribution is -0.217. The molecular weight excluding hydrogens is 327 g/mol. The van der Waals surface area contributed by atoms with Gasteiger partial charge in [0.15, 0.2) is 11.6 Å². The van der Waals surface area contributed by atoms with E-state index >= 15 is 0 Å². The van der Waals surface area contributed by atoms with Crippen LogP contribution in [0.15, 0.2) is 12.1 Å². The number of rotatable bonds is 1. The molecule has 2 N–H and O–H groups in total. The van der Waals surface area contributed by atoms with Gasteiger partial charge in [-0.1, -0.05) is 0 Å². The molecule has 0 radical (unpaired) electrons. The fraction of sp³-hybridized carbons (Fsp3) is 0.250. The molecule has 23 heavy (non-hydrogen) atoms. The van der Waals surface area contributed by atoms with Crippen LogP contribution in [0.2, 0.25) is 0 Å². The average Bonchev–Trinajstić information content (AvgIpc) is 2.85. The third-order valence-corrected chi connectivity index (χ3v) is 3.35. The fourth-order valence-corrected chi connectivity index (χ4v) is 2.48. The Hall–Kier alpha value is -2.72. The van der Waals surface area contributed by atoms with Gasteiger partial charge in [0.05, 0.1) is 11.0 Å². The monoisotopic (exact) mass is 334 g/mol. The first-order valence-corrected chi connectivity index (χ1v) is 6.13. The highest BCUT2D eigenvalue weighted by Gasteiger charge is 2.67. The van der Waals surface area contributed by atoms with Crippen molar-refractivity contribution in [1.29, 1.82) is 0 Å². The number of aromatic nitrogens is 2. The van der Waals surface area contributed by atoms with Crippen LogP contribution in [0.3, 0.4) is 0 Å². The molecule has 0 aliphatic carbocycles. The second kappa shape index (κ2) is 4.40. The van der Waals surface area contributed by atoms with Crippen molar-refractivity contribution < 1.29 is 31.5 Å². The molecule has 3 rings (SSSR count). The number of nitrogens with one attached hydrogen (secondary N) is 2. The number of carbonyl (C=O) groups is 2. The highest BCUT2D eigenvalue weighted by Crippen LogP contribution is 2.44. The molecule has 2 amide bonds. The zero-order valence-electron chi connectivity index (χ0n) is 11.3. The van der Waals surface area contributed by atoms with Crippen molar-refractivity contribution in [2.75, 3.05) is 5.32 Å². The maximum absolute atomic E-state index is 13.6. The molecule has 1 unspecified atom stereocenters. The molecule has 0 bridgehead atoms. The van der Waals surface area contributed by atoms with Gasteiger partial charge in [-0.3, -0.25) is 19.5 Å². The summed E-state index contributed by atoms with van der Waals surface area (Å²) < 4.78 is 67.7. The summed E-state index contributed by atoms with van der Waals surface area (Å²) in [6, 6.07) is 1.07. The third-order valence-electron chi connectivity index (χ3n) is 3.35. The highest BCUT2D eigenvalue weighted by atomic mass is 19.4. The highest BCUT2D eigenvalue weighted by molar-refractivity contribution is 6.04. The van der Waals surface area contributed by atoms with E-state index < -0.39 is 46.8 Å². The number of halogens is 5. The number of anilines is 1. The Labute approximate surface area is 124 Å². The molecular formula is C12H7F5N4O2. The van der Waals surface area contributed by atoms with Crippen LogP contribution in [-0.2, 0) is 15.3 Å². The van der Waals surface area contributed by atoms with Gasteiger partial charge < -0.3 is 5.32 Å². The average molecular weight is 334 g/mol. The first-order chi connectivity index (χ1) is 10.6. The van der Waals surface area contributed by atoms with Gasteiger partial charge in [-0.2, -0.15) is 13.2 Å². The maximum atomic E-state index is 13.6. The van der Waals surface area contributed by atoms with Crippen LogP contribution in [0.4, 0.5) is 27.9 Å². The first-order valence-electron chi connectivity index (χ1n) is 6.13. The number of hydrogen-bond acceptors (Lipinski definition) is 3. The van der Waals surface area contributed by atoms with Crippen LogP contribution >= 0.6 is 0 Å². The number of carbonyl (C=O) groups excluding carboxylic acids is 2. The lowest BCUT2D eigenvalue weighted by Crippen LogP contribution is -2.63. The molecule has 6 nitrogen and oxygen atoms in total. The van der Waals surface area contributed by atoms with Crippen LogP contribution in [0.5, 0.6) is 0 Å². The maximum Gasteiger partial charge on any atom is 0.440 e. The first kappa shape index (κ1) is 15.2. The minimum atomic E-state index is -5.26. The molecule has 122 valence electrons. The van der Waals surface area contributed by atoms with E-state index in [4.69, 9.17) is 0 Å². The molecule has 0 saturated carbocycles. The molecule has 1 atom stereocenters. The molecule has 11 heteroatoms. The number of fused-ring (bicyclic) bond motifs is 3. The Balaban J connectivity index is 2.39. The smallest absolute Gasteiger partial charge is 0.318 e. The number of amides is 2. The number of nitrogens with zero attached hydrogens (tertiary/aromatic N) is 2. The summed E-state index contributed by atoms with van der Waals surface area (Å²) >= 11 is 0. The number of imidazole rings is 1. The Bertz CT molecular complexity index is 859. The molecule has 0 spiro atoms. The second-order valence-electron chi connectivity index (χ2n) is 4.87. The summed E-state index contributed by atoms with van der Waals surface area (Å²) in [4.78, 5) is 26.8. The Kier molecular flexibility index (Phi) is 2.90. The number of hydrogen-bond donors (Lipinski definition) is 2. The van der Waals surface area contributed by atoms with E-state index in [1.807, 2.05) is 5.32 Å². The zero-order valence-corrected chi connectivity index (χ0v) is 11.3. The lowest BCUT2D eigenvalue weighted by Gasteiger charge is -2.31. The molecule has 1 aliphatic heterocycles. The van der Waals surface area contributed by atoms with Gasteiger partial charge in [0.1, 0.15) is 0 Å². The van der Waals surface area contributed by atoms with Crippen molar-refractivity contribution in [2.24, 2.45) is 0 Å². The van der Waals surface area contributed by atoms with Crippen molar-refractivity contribution in [1.82, 2.24) is 14.9 Å². The largest absolute Gasteiger partial charge is 0.440 e. The standard InChI is InChI=1S/C12H7F5N4O2/c1-4(22)20-11(12(15,16)17)9(23)19-10-18-7-2-5(13)6(14)3-8(7)21(10)11/h2-3H,1H3,(H,20,22)(H,18,19,23). The normalized spacial score (nSPS) is 20.5. The fourth-order valence-electron chi connectivity index (χ4n) is 2.48. The van der Waals surface area contributed by atoms with Gasteiger partial charge >= 0.3 is 6.18 Å². The van der Waals surface area contributed by atoms with Gasteiger partial charge in [0.25, 0.3) is 11.6 Å². The Morgan fingerprint density at radius 3 is 2.48 bits per heavy atom. The van der Waals surface area contributed by atoms with Crippen LogP contribution in [0, 0.1) is 11.6 Å². The predicted octanol–water partition coefficient (Wildman–Crippen LogP) is 1.62.